The average Bonchev–Trinajstić information content (AvgIpc) is 2.98. The molecule has 0 radical (unpaired) electrons. The lowest BCUT2D eigenvalue weighted by Crippen LogP contribution is -2.50. The molecule has 0 N–H and O–H groups in total. The third kappa shape index (κ3) is 8.85. The van der Waals surface area contributed by atoms with E-state index in [2.05, 4.69) is 83.1 Å². The topological polar surface area (TPSA) is 61.8 Å². The van der Waals surface area contributed by atoms with Crippen LogP contribution in [0.25, 0.3) is 0 Å². The van der Waals surface area contributed by atoms with Crippen LogP contribution in [0.1, 0.15) is 113 Å². The summed E-state index contributed by atoms with van der Waals surface area (Å²) in [5.74, 6) is 1.32. The quantitative estimate of drug-likeness (QED) is 0.0970. The molecule has 0 unspecified atom stereocenters. The van der Waals surface area contributed by atoms with Crippen LogP contribution in [0.4, 0.5) is 13.2 Å². The van der Waals surface area contributed by atoms with Crippen LogP contribution in [0.2, 0.25) is 33.2 Å². The van der Waals surface area contributed by atoms with Crippen molar-refractivity contribution in [2.24, 2.45) is 5.41 Å². The van der Waals surface area contributed by atoms with E-state index >= 15 is 0 Å². The molecule has 2 aromatic rings. The zero-order valence-corrected chi connectivity index (χ0v) is 35.1. The molecule has 0 spiro atoms. The minimum absolute atomic E-state index is 0.149. The first kappa shape index (κ1) is 42.2. The minimum Gasteiger partial charge on any atom is -0.543 e. The average molecular weight is 755 g/mol. The molecule has 0 bridgehead atoms. The molecule has 0 saturated heterocycles. The molecule has 0 atom stereocenters. The predicted molar refractivity (Wildman–Crippen MR) is 204 cm³/mol. The van der Waals surface area contributed by atoms with Crippen molar-refractivity contribution in [2.75, 3.05) is 0 Å². The summed E-state index contributed by atoms with van der Waals surface area (Å²) in [6.45, 7) is 26.6. The van der Waals surface area contributed by atoms with Gasteiger partial charge in [0.25, 0.3) is 16.6 Å². The summed E-state index contributed by atoms with van der Waals surface area (Å²) in [7, 11) is -10.5. The van der Waals surface area contributed by atoms with Gasteiger partial charge in [0.05, 0.1) is 0 Å². The van der Waals surface area contributed by atoms with E-state index in [1.54, 1.807) is 0 Å². The summed E-state index contributed by atoms with van der Waals surface area (Å²) >= 11 is 0. The Morgan fingerprint density at radius 1 is 0.680 bits per heavy atom. The molecule has 1 aliphatic rings. The second kappa shape index (κ2) is 16.2. The van der Waals surface area contributed by atoms with Crippen molar-refractivity contribution >= 4 is 26.8 Å². The third-order valence-corrected chi connectivity index (χ3v) is 24.1. The van der Waals surface area contributed by atoms with Gasteiger partial charge in [-0.3, -0.25) is 0 Å². The highest BCUT2D eigenvalue weighted by atomic mass is 32.2. The first-order valence-corrected chi connectivity index (χ1v) is 24.0. The Kier molecular flexibility index (Phi) is 13.7. The van der Waals surface area contributed by atoms with Crippen LogP contribution in [0.15, 0.2) is 60.4 Å². The second-order valence-electron chi connectivity index (χ2n) is 16.2. The van der Waals surface area contributed by atoms with Crippen molar-refractivity contribution in [1.82, 2.24) is 0 Å². The first-order chi connectivity index (χ1) is 23.0. The summed E-state index contributed by atoms with van der Waals surface area (Å²) in [5.41, 5.74) is -2.80. The Morgan fingerprint density at radius 2 is 1.06 bits per heavy atom. The van der Waals surface area contributed by atoms with Gasteiger partial charge in [-0.05, 0) is 107 Å². The zero-order valence-electron chi connectivity index (χ0n) is 32.3. The number of hydrogen-bond donors (Lipinski definition) is 0. The monoisotopic (exact) mass is 754 g/mol. The maximum absolute atomic E-state index is 13.7. The molecule has 282 valence electrons. The molecule has 1 aliphatic carbocycles. The number of hydrogen-bond acceptors (Lipinski definition) is 5. The largest absolute Gasteiger partial charge is 0.543 e. The van der Waals surface area contributed by atoms with Gasteiger partial charge in [-0.1, -0.05) is 107 Å². The number of benzene rings is 2. The number of rotatable bonds is 16. The summed E-state index contributed by atoms with van der Waals surface area (Å²) < 4.78 is 85.2. The molecule has 0 heterocycles. The van der Waals surface area contributed by atoms with E-state index in [9.17, 15) is 21.6 Å². The van der Waals surface area contributed by atoms with Gasteiger partial charge < -0.3 is 13.0 Å². The van der Waals surface area contributed by atoms with Crippen molar-refractivity contribution in [1.29, 1.82) is 0 Å². The fraction of sp³-hybridized carbons (Fsp3) is 0.641. The molecule has 0 aromatic heterocycles. The van der Waals surface area contributed by atoms with Crippen LogP contribution in [-0.2, 0) is 27.1 Å². The summed E-state index contributed by atoms with van der Waals surface area (Å²) in [5, 5.41) is 0. The standard InChI is InChI=1S/C39H61F3O5SSi2/c1-27(2)49(28(3)4,29(5)6)46-35-19-15-17-33(23-35)25-38(22-14-13-21-37(38)45-48(43,44)39(40,41)42)26-34-18-16-20-36(24-34)47-50(30(7)8,31(9)10)32(11)12/h15-21,23-24,27-32H,13-14,22,25-26H2,1-12H3. The van der Waals surface area contributed by atoms with Crippen molar-refractivity contribution in [3.8, 4) is 11.5 Å². The Balaban J connectivity index is 2.14. The lowest BCUT2D eigenvalue weighted by Gasteiger charge is -2.42. The van der Waals surface area contributed by atoms with E-state index in [0.29, 0.717) is 52.5 Å². The summed E-state index contributed by atoms with van der Waals surface area (Å²) in [4.78, 5) is 0. The van der Waals surface area contributed by atoms with Gasteiger partial charge in [0.15, 0.2) is 0 Å². The number of allylic oxidation sites excluding steroid dienone is 2. The van der Waals surface area contributed by atoms with E-state index in [1.165, 1.54) is 6.08 Å². The maximum atomic E-state index is 13.7. The van der Waals surface area contributed by atoms with E-state index in [1.807, 2.05) is 48.5 Å². The Hall–Kier alpha value is -2.25. The molecule has 2 aromatic carbocycles. The van der Waals surface area contributed by atoms with Crippen LogP contribution in [0, 0.1) is 5.41 Å². The van der Waals surface area contributed by atoms with Gasteiger partial charge in [0.2, 0.25) is 0 Å². The molecule has 0 amide bonds. The SMILES string of the molecule is CC(C)[Si](Oc1cccc(CC2(Cc3cccc(O[Si](C(C)C)(C(C)C)C(C)C)c3)CCCC=C2OS(=O)(=O)C(F)(F)F)c1)(C(C)C)C(C)C. The molecule has 50 heavy (non-hydrogen) atoms. The number of halogens is 3. The third-order valence-electron chi connectivity index (χ3n) is 11.1. The molecule has 0 saturated carbocycles. The predicted octanol–water partition coefficient (Wildman–Crippen LogP) is 12.5. The van der Waals surface area contributed by atoms with Gasteiger partial charge in [0.1, 0.15) is 17.3 Å². The normalized spacial score (nSPS) is 16.1. The molecule has 11 heteroatoms. The first-order valence-electron chi connectivity index (χ1n) is 18.3. The van der Waals surface area contributed by atoms with Gasteiger partial charge in [0, 0.05) is 5.41 Å². The number of alkyl halides is 3. The van der Waals surface area contributed by atoms with Gasteiger partial charge in [-0.15, -0.1) is 0 Å². The van der Waals surface area contributed by atoms with E-state index in [0.717, 1.165) is 22.6 Å². The van der Waals surface area contributed by atoms with Gasteiger partial charge in [-0.2, -0.15) is 21.6 Å². The smallest absolute Gasteiger partial charge is 0.534 e. The highest BCUT2D eigenvalue weighted by Gasteiger charge is 2.52. The van der Waals surface area contributed by atoms with Gasteiger partial charge >= 0.3 is 15.6 Å². The molecular formula is C39H61F3O5SSi2. The van der Waals surface area contributed by atoms with E-state index < -0.39 is 37.7 Å². The zero-order chi connectivity index (χ0) is 37.9. The molecule has 0 aliphatic heterocycles. The van der Waals surface area contributed by atoms with Crippen molar-refractivity contribution in [2.45, 2.75) is 154 Å². The van der Waals surface area contributed by atoms with Crippen LogP contribution >= 0.6 is 0 Å². The Morgan fingerprint density at radius 3 is 1.40 bits per heavy atom. The van der Waals surface area contributed by atoms with Crippen LogP contribution < -0.4 is 8.85 Å². The lowest BCUT2D eigenvalue weighted by atomic mass is 9.69. The Bertz CT molecular complexity index is 1440. The summed E-state index contributed by atoms with van der Waals surface area (Å²) in [6, 6.07) is 15.6. The van der Waals surface area contributed by atoms with Crippen LogP contribution in [0.5, 0.6) is 11.5 Å². The van der Waals surface area contributed by atoms with Crippen molar-refractivity contribution < 1.29 is 34.6 Å². The fourth-order valence-corrected chi connectivity index (χ4v) is 20.1. The molecule has 3 rings (SSSR count). The summed E-state index contributed by atoms with van der Waals surface area (Å²) in [6.07, 6.45) is 3.64. The minimum atomic E-state index is -5.88. The van der Waals surface area contributed by atoms with E-state index in [4.69, 9.17) is 13.0 Å². The fourth-order valence-electron chi connectivity index (χ4n) is 9.05. The van der Waals surface area contributed by atoms with Crippen molar-refractivity contribution in [3.05, 3.63) is 71.5 Å². The highest BCUT2D eigenvalue weighted by molar-refractivity contribution is 7.87. The Labute approximate surface area is 302 Å². The van der Waals surface area contributed by atoms with E-state index in [-0.39, 0.29) is 18.6 Å². The maximum Gasteiger partial charge on any atom is 0.534 e. The highest BCUT2D eigenvalue weighted by Crippen LogP contribution is 2.48. The second-order valence-corrected chi connectivity index (χ2v) is 28.5. The van der Waals surface area contributed by atoms with Crippen LogP contribution in [-0.4, -0.2) is 30.6 Å². The molecule has 0 fully saturated rings. The van der Waals surface area contributed by atoms with Crippen molar-refractivity contribution in [3.63, 3.8) is 0 Å². The molecule has 5 nitrogen and oxygen atoms in total. The molecular weight excluding hydrogens is 694 g/mol. The van der Waals surface area contributed by atoms with Gasteiger partial charge in [-0.25, -0.2) is 0 Å². The lowest BCUT2D eigenvalue weighted by molar-refractivity contribution is -0.0536. The van der Waals surface area contributed by atoms with Crippen LogP contribution in [0.3, 0.4) is 0 Å².